The number of rotatable bonds is 6. The standard InChI is InChI=1S/C28H35N9O6/c1-26(2)8-10-43-20-15(5-4-6-16(20)26)22(38)34-19-13-37-25(30)33-18(21-27(37,28(19,40)41)36-24(29)35-21)12-32-23(39)17-11-14(42-3)7-9-31-17/h4-7,9,11,18-19,21,40-41H,8,10,12-13H2,1-3H3,(H2,30,33)(H,32,39)(H,34,38)(H3,29,35,36)/t18-,19?,21?,27?/m0/s1. The van der Waals surface area contributed by atoms with Gasteiger partial charge in [-0.25, -0.2) is 9.98 Å². The monoisotopic (exact) mass is 593 g/mol. The van der Waals surface area contributed by atoms with E-state index in [0.29, 0.717) is 18.1 Å². The largest absolute Gasteiger partial charge is 0.497 e. The molecule has 4 aliphatic rings. The summed E-state index contributed by atoms with van der Waals surface area (Å²) in [5.41, 5.74) is 11.8. The smallest absolute Gasteiger partial charge is 0.270 e. The molecule has 15 heteroatoms. The lowest BCUT2D eigenvalue weighted by Crippen LogP contribution is -2.78. The number of carbonyl (C=O) groups excluding carboxylic acids is 2. The Hall–Kier alpha value is -4.63. The number of hydrogen-bond donors (Lipinski definition) is 7. The molecular formula is C28H35N9O6. The Kier molecular flexibility index (Phi) is 6.61. The van der Waals surface area contributed by atoms with E-state index in [0.717, 1.165) is 12.0 Å². The Morgan fingerprint density at radius 1 is 1.21 bits per heavy atom. The van der Waals surface area contributed by atoms with Crippen molar-refractivity contribution in [3.8, 4) is 11.5 Å². The highest BCUT2D eigenvalue weighted by Gasteiger charge is 2.73. The fourth-order valence-electron chi connectivity index (χ4n) is 6.39. The van der Waals surface area contributed by atoms with Crippen LogP contribution in [0.2, 0.25) is 0 Å². The zero-order chi connectivity index (χ0) is 30.7. The average molecular weight is 594 g/mol. The first kappa shape index (κ1) is 28.5. The second-order valence-corrected chi connectivity index (χ2v) is 11.7. The van der Waals surface area contributed by atoms with Gasteiger partial charge in [-0.2, -0.15) is 0 Å². The van der Waals surface area contributed by atoms with E-state index in [2.05, 4.69) is 44.8 Å². The van der Waals surface area contributed by atoms with Crippen molar-refractivity contribution in [3.05, 3.63) is 53.3 Å². The maximum Gasteiger partial charge on any atom is 0.270 e. The highest BCUT2D eigenvalue weighted by Crippen LogP contribution is 2.45. The van der Waals surface area contributed by atoms with Crippen LogP contribution in [0.1, 0.15) is 46.7 Å². The van der Waals surface area contributed by atoms with Gasteiger partial charge in [-0.3, -0.25) is 14.6 Å². The first-order valence-electron chi connectivity index (χ1n) is 13.9. The Balaban J connectivity index is 1.25. The lowest BCUT2D eigenvalue weighted by molar-refractivity contribution is -0.230. The SMILES string of the molecule is COc1ccnc(C(=O)NC[C@@H]2N=C(N)N3CC(NC(=O)c4cccc5c4OCCC5(C)C)C(O)(O)C34NC(N)=NC24)c1. The molecule has 1 aromatic carbocycles. The van der Waals surface area contributed by atoms with Gasteiger partial charge >= 0.3 is 0 Å². The molecule has 1 saturated heterocycles. The quantitative estimate of drug-likeness (QED) is 0.188. The molecule has 1 spiro atoms. The molecule has 15 nitrogen and oxygen atoms in total. The molecule has 0 bridgehead atoms. The summed E-state index contributed by atoms with van der Waals surface area (Å²) in [4.78, 5) is 40.9. The summed E-state index contributed by atoms with van der Waals surface area (Å²) < 4.78 is 11.1. The van der Waals surface area contributed by atoms with Gasteiger partial charge in [0.1, 0.15) is 29.3 Å². The highest BCUT2D eigenvalue weighted by molar-refractivity contribution is 5.98. The summed E-state index contributed by atoms with van der Waals surface area (Å²) in [7, 11) is 1.48. The van der Waals surface area contributed by atoms with Crippen molar-refractivity contribution < 1.29 is 29.3 Å². The van der Waals surface area contributed by atoms with Gasteiger partial charge in [-0.1, -0.05) is 26.0 Å². The number of aliphatic imine (C=N–C) groups is 2. The number of benzene rings is 1. The number of aliphatic hydroxyl groups is 2. The summed E-state index contributed by atoms with van der Waals surface area (Å²) in [6.45, 7) is 4.43. The number of fused-ring (bicyclic) bond motifs is 1. The van der Waals surface area contributed by atoms with Crippen LogP contribution in [0.5, 0.6) is 11.5 Å². The molecule has 2 amide bonds. The van der Waals surface area contributed by atoms with Crippen LogP contribution in [-0.2, 0) is 5.41 Å². The van der Waals surface area contributed by atoms with Crippen LogP contribution < -0.4 is 36.9 Å². The number of nitrogens with one attached hydrogen (secondary N) is 3. The number of carbonyl (C=O) groups is 2. The maximum absolute atomic E-state index is 13.6. The van der Waals surface area contributed by atoms with Crippen LogP contribution >= 0.6 is 0 Å². The molecular weight excluding hydrogens is 558 g/mol. The lowest BCUT2D eigenvalue weighted by atomic mass is 9.79. The number of amides is 2. The number of methoxy groups -OCH3 is 1. The van der Waals surface area contributed by atoms with E-state index in [1.807, 2.05) is 6.07 Å². The van der Waals surface area contributed by atoms with Gasteiger partial charge in [0.05, 0.1) is 25.3 Å². The Morgan fingerprint density at radius 2 is 2.00 bits per heavy atom. The van der Waals surface area contributed by atoms with Gasteiger partial charge in [0.2, 0.25) is 5.79 Å². The van der Waals surface area contributed by atoms with E-state index in [9.17, 15) is 19.8 Å². The van der Waals surface area contributed by atoms with Crippen molar-refractivity contribution in [3.63, 3.8) is 0 Å². The van der Waals surface area contributed by atoms with Crippen molar-refractivity contribution in [1.82, 2.24) is 25.8 Å². The molecule has 4 aliphatic heterocycles. The molecule has 1 aromatic heterocycles. The minimum absolute atomic E-state index is 0.0428. The van der Waals surface area contributed by atoms with Gasteiger partial charge in [0.15, 0.2) is 17.6 Å². The van der Waals surface area contributed by atoms with E-state index in [-0.39, 0.29) is 41.7 Å². The number of guanidine groups is 2. The summed E-state index contributed by atoms with van der Waals surface area (Å²) in [6.07, 6.45) is 2.24. The minimum atomic E-state index is -2.63. The van der Waals surface area contributed by atoms with Gasteiger partial charge in [0.25, 0.3) is 11.8 Å². The number of ether oxygens (including phenoxy) is 2. The number of para-hydroxylation sites is 1. The molecule has 1 fully saturated rings. The van der Waals surface area contributed by atoms with E-state index < -0.39 is 41.4 Å². The number of nitrogens with two attached hydrogens (primary N) is 2. The second kappa shape index (κ2) is 9.98. The van der Waals surface area contributed by atoms with E-state index in [1.54, 1.807) is 18.2 Å². The summed E-state index contributed by atoms with van der Waals surface area (Å²) in [6, 6.07) is 5.35. The number of aromatic nitrogens is 1. The van der Waals surface area contributed by atoms with Gasteiger partial charge in [0, 0.05) is 30.9 Å². The molecule has 0 aliphatic carbocycles. The molecule has 2 aromatic rings. The Bertz CT molecular complexity index is 1540. The van der Waals surface area contributed by atoms with Crippen molar-refractivity contribution in [2.45, 2.75) is 55.3 Å². The molecule has 0 radical (unpaired) electrons. The third kappa shape index (κ3) is 4.38. The van der Waals surface area contributed by atoms with Gasteiger partial charge < -0.3 is 52.0 Å². The van der Waals surface area contributed by atoms with Crippen LogP contribution in [-0.4, -0.2) is 100 Å². The zero-order valence-corrected chi connectivity index (χ0v) is 24.0. The highest BCUT2D eigenvalue weighted by atomic mass is 16.5. The second-order valence-electron chi connectivity index (χ2n) is 11.7. The minimum Gasteiger partial charge on any atom is -0.497 e. The number of pyridine rings is 1. The lowest BCUT2D eigenvalue weighted by Gasteiger charge is -2.49. The topological polar surface area (TPSA) is 222 Å². The summed E-state index contributed by atoms with van der Waals surface area (Å²) in [5.74, 6) is -2.86. The predicted molar refractivity (Wildman–Crippen MR) is 155 cm³/mol. The van der Waals surface area contributed by atoms with Crippen molar-refractivity contribution in [2.75, 3.05) is 26.8 Å². The van der Waals surface area contributed by atoms with Crippen LogP contribution in [0.3, 0.4) is 0 Å². The average Bonchev–Trinajstić information content (AvgIpc) is 3.45. The van der Waals surface area contributed by atoms with E-state index >= 15 is 0 Å². The molecule has 0 saturated carbocycles. The molecule has 4 atom stereocenters. The van der Waals surface area contributed by atoms with Crippen molar-refractivity contribution in [1.29, 1.82) is 0 Å². The molecule has 6 rings (SSSR count). The van der Waals surface area contributed by atoms with Crippen LogP contribution in [0.15, 0.2) is 46.5 Å². The molecule has 9 N–H and O–H groups in total. The van der Waals surface area contributed by atoms with E-state index in [4.69, 9.17) is 20.9 Å². The van der Waals surface area contributed by atoms with Crippen LogP contribution in [0.25, 0.3) is 0 Å². The molecule has 5 heterocycles. The normalized spacial score (nSPS) is 27.7. The third-order valence-corrected chi connectivity index (χ3v) is 8.74. The number of hydrogen-bond acceptors (Lipinski definition) is 13. The fraction of sp³-hybridized carbons (Fsp3) is 0.464. The fourth-order valence-corrected chi connectivity index (χ4v) is 6.39. The first-order chi connectivity index (χ1) is 20.4. The summed E-state index contributed by atoms with van der Waals surface area (Å²) >= 11 is 0. The van der Waals surface area contributed by atoms with Crippen LogP contribution in [0, 0.1) is 0 Å². The van der Waals surface area contributed by atoms with Gasteiger partial charge in [-0.15, -0.1) is 0 Å². The Labute approximate surface area is 247 Å². The van der Waals surface area contributed by atoms with Crippen LogP contribution in [0.4, 0.5) is 0 Å². The molecule has 3 unspecified atom stereocenters. The third-order valence-electron chi connectivity index (χ3n) is 8.74. The number of nitrogens with zero attached hydrogens (tertiary/aromatic N) is 4. The zero-order valence-electron chi connectivity index (χ0n) is 24.0. The summed E-state index contributed by atoms with van der Waals surface area (Å²) in [5, 5.41) is 31.9. The molecule has 228 valence electrons. The first-order valence-corrected chi connectivity index (χ1v) is 13.9. The van der Waals surface area contributed by atoms with Gasteiger partial charge in [-0.05, 0) is 24.0 Å². The molecule has 43 heavy (non-hydrogen) atoms. The predicted octanol–water partition coefficient (Wildman–Crippen LogP) is -1.65. The Morgan fingerprint density at radius 3 is 2.77 bits per heavy atom. The van der Waals surface area contributed by atoms with Crippen molar-refractivity contribution >= 4 is 23.7 Å². The maximum atomic E-state index is 13.6. The van der Waals surface area contributed by atoms with Crippen molar-refractivity contribution in [2.24, 2.45) is 21.5 Å². The van der Waals surface area contributed by atoms with E-state index in [1.165, 1.54) is 24.3 Å².